The average molecular weight is 373 g/mol. The predicted molar refractivity (Wildman–Crippen MR) is 111 cm³/mol. The van der Waals surface area contributed by atoms with Gasteiger partial charge in [0, 0.05) is 18.1 Å². The Labute approximate surface area is 161 Å². The van der Waals surface area contributed by atoms with E-state index in [1.54, 1.807) is 22.5 Å². The molecule has 134 valence electrons. The van der Waals surface area contributed by atoms with Crippen LogP contribution in [0.25, 0.3) is 16.6 Å². The summed E-state index contributed by atoms with van der Waals surface area (Å²) in [5, 5.41) is 1.33. The molecule has 4 rings (SSSR count). The molecule has 0 unspecified atom stereocenters. The van der Waals surface area contributed by atoms with Crippen molar-refractivity contribution in [1.29, 1.82) is 0 Å². The van der Waals surface area contributed by atoms with Gasteiger partial charge in [0.15, 0.2) is 5.16 Å². The Morgan fingerprint density at radius 2 is 1.81 bits per heavy atom. The Balaban J connectivity index is 1.89. The summed E-state index contributed by atoms with van der Waals surface area (Å²) in [6.07, 6.45) is 4.45. The normalized spacial score (nSPS) is 11.0. The lowest BCUT2D eigenvalue weighted by Gasteiger charge is -2.16. The summed E-state index contributed by atoms with van der Waals surface area (Å²) < 4.78 is 1.75. The molecule has 0 N–H and O–H groups in total. The summed E-state index contributed by atoms with van der Waals surface area (Å²) >= 11 is 1.56. The third-order valence-corrected chi connectivity index (χ3v) is 5.46. The first-order valence-electron chi connectivity index (χ1n) is 8.89. The number of para-hydroxylation sites is 2. The second-order valence-corrected chi connectivity index (χ2v) is 7.13. The molecule has 5 heteroatoms. The maximum atomic E-state index is 13.3. The number of benzene rings is 2. The van der Waals surface area contributed by atoms with Crippen LogP contribution in [0.2, 0.25) is 0 Å². The highest BCUT2D eigenvalue weighted by Gasteiger charge is 2.15. The highest BCUT2D eigenvalue weighted by molar-refractivity contribution is 7.98. The Morgan fingerprint density at radius 3 is 2.63 bits per heavy atom. The zero-order chi connectivity index (χ0) is 18.6. The lowest BCUT2D eigenvalue weighted by Crippen LogP contribution is -2.22. The van der Waals surface area contributed by atoms with Gasteiger partial charge in [-0.2, -0.15) is 0 Å². The van der Waals surface area contributed by atoms with Gasteiger partial charge in [-0.15, -0.1) is 0 Å². The number of aryl methyl sites for hydroxylation is 1. The van der Waals surface area contributed by atoms with Gasteiger partial charge in [0.1, 0.15) is 0 Å². The summed E-state index contributed by atoms with van der Waals surface area (Å²) in [4.78, 5) is 22.3. The molecule has 0 aliphatic carbocycles. The second kappa shape index (κ2) is 7.76. The van der Waals surface area contributed by atoms with Crippen molar-refractivity contribution in [2.45, 2.75) is 24.3 Å². The molecule has 2 heterocycles. The minimum atomic E-state index is -0.0322. The van der Waals surface area contributed by atoms with Gasteiger partial charge >= 0.3 is 0 Å². The van der Waals surface area contributed by atoms with Crippen LogP contribution in [0.5, 0.6) is 0 Å². The average Bonchev–Trinajstić information content (AvgIpc) is 2.73. The number of pyridine rings is 1. The van der Waals surface area contributed by atoms with Crippen LogP contribution < -0.4 is 5.56 Å². The van der Waals surface area contributed by atoms with E-state index < -0.39 is 0 Å². The Kier molecular flexibility index (Phi) is 5.03. The van der Waals surface area contributed by atoms with Crippen LogP contribution >= 0.6 is 11.8 Å². The molecule has 2 aromatic heterocycles. The lowest BCUT2D eigenvalue weighted by molar-refractivity contribution is 0.808. The Morgan fingerprint density at radius 1 is 1.00 bits per heavy atom. The first-order chi connectivity index (χ1) is 13.3. The molecule has 4 aromatic rings. The van der Waals surface area contributed by atoms with Crippen molar-refractivity contribution in [1.82, 2.24) is 14.5 Å². The van der Waals surface area contributed by atoms with Crippen molar-refractivity contribution in [2.75, 3.05) is 0 Å². The van der Waals surface area contributed by atoms with Crippen LogP contribution in [0.1, 0.15) is 18.1 Å². The fourth-order valence-electron chi connectivity index (χ4n) is 3.08. The van der Waals surface area contributed by atoms with Crippen LogP contribution in [0.3, 0.4) is 0 Å². The molecule has 0 spiro atoms. The minimum absolute atomic E-state index is 0.0322. The van der Waals surface area contributed by atoms with Crippen LogP contribution in [0, 0.1) is 0 Å². The molecule has 0 aliphatic heterocycles. The van der Waals surface area contributed by atoms with E-state index in [0.717, 1.165) is 28.8 Å². The van der Waals surface area contributed by atoms with E-state index in [0.29, 0.717) is 16.3 Å². The van der Waals surface area contributed by atoms with E-state index in [1.165, 1.54) is 0 Å². The fraction of sp³-hybridized carbons (Fsp3) is 0.136. The SMILES string of the molecule is CCc1ccccc1-n1c(SCc2cccnc2)nc2ccccc2c1=O. The standard InChI is InChI=1S/C22H19N3OS/c1-2-17-9-3-6-12-20(17)25-21(26)18-10-4-5-11-19(18)24-22(25)27-15-16-8-7-13-23-14-16/h3-14H,2,15H2,1H3. The molecule has 27 heavy (non-hydrogen) atoms. The van der Waals surface area contributed by atoms with Gasteiger partial charge in [-0.25, -0.2) is 4.98 Å². The van der Waals surface area contributed by atoms with Crippen molar-refractivity contribution in [3.63, 3.8) is 0 Å². The van der Waals surface area contributed by atoms with E-state index in [1.807, 2.05) is 60.8 Å². The predicted octanol–water partition coefficient (Wildman–Crippen LogP) is 4.64. The number of nitrogens with zero attached hydrogens (tertiary/aromatic N) is 3. The summed E-state index contributed by atoms with van der Waals surface area (Å²) in [6.45, 7) is 2.10. The van der Waals surface area contributed by atoms with Gasteiger partial charge in [-0.3, -0.25) is 14.3 Å². The minimum Gasteiger partial charge on any atom is -0.268 e. The molecule has 0 fully saturated rings. The smallest absolute Gasteiger partial charge is 0.266 e. The van der Waals surface area contributed by atoms with Crippen molar-refractivity contribution in [2.24, 2.45) is 0 Å². The van der Waals surface area contributed by atoms with Crippen molar-refractivity contribution < 1.29 is 0 Å². The highest BCUT2D eigenvalue weighted by atomic mass is 32.2. The molecule has 0 radical (unpaired) electrons. The first-order valence-corrected chi connectivity index (χ1v) is 9.88. The van der Waals surface area contributed by atoms with Crippen molar-refractivity contribution in [3.8, 4) is 5.69 Å². The quantitative estimate of drug-likeness (QED) is 0.378. The monoisotopic (exact) mass is 373 g/mol. The van der Waals surface area contributed by atoms with Gasteiger partial charge in [0.2, 0.25) is 0 Å². The molecule has 0 aliphatic rings. The van der Waals surface area contributed by atoms with E-state index in [2.05, 4.69) is 18.0 Å². The lowest BCUT2D eigenvalue weighted by atomic mass is 10.1. The molecule has 0 bridgehead atoms. The van der Waals surface area contributed by atoms with Crippen LogP contribution in [0.15, 0.2) is 83.0 Å². The summed E-state index contributed by atoms with van der Waals surface area (Å²) in [5.41, 5.74) is 3.81. The van der Waals surface area contributed by atoms with Crippen molar-refractivity contribution in [3.05, 3.63) is 94.5 Å². The zero-order valence-corrected chi connectivity index (χ0v) is 15.8. The van der Waals surface area contributed by atoms with Crippen LogP contribution in [0.4, 0.5) is 0 Å². The number of fused-ring (bicyclic) bond motifs is 1. The largest absolute Gasteiger partial charge is 0.268 e. The van der Waals surface area contributed by atoms with Crippen LogP contribution in [-0.2, 0) is 12.2 Å². The molecule has 0 saturated heterocycles. The Hall–Kier alpha value is -2.92. The summed E-state index contributed by atoms with van der Waals surface area (Å²) in [7, 11) is 0. The van der Waals surface area contributed by atoms with E-state index in [9.17, 15) is 4.79 Å². The highest BCUT2D eigenvalue weighted by Crippen LogP contribution is 2.26. The molecular weight excluding hydrogens is 354 g/mol. The van der Waals surface area contributed by atoms with Gasteiger partial charge < -0.3 is 0 Å². The van der Waals surface area contributed by atoms with E-state index >= 15 is 0 Å². The van der Waals surface area contributed by atoms with Crippen molar-refractivity contribution >= 4 is 22.7 Å². The van der Waals surface area contributed by atoms with Crippen LogP contribution in [-0.4, -0.2) is 14.5 Å². The molecule has 2 aromatic carbocycles. The topological polar surface area (TPSA) is 47.8 Å². The molecule has 0 atom stereocenters. The van der Waals surface area contributed by atoms with E-state index in [-0.39, 0.29) is 5.56 Å². The second-order valence-electron chi connectivity index (χ2n) is 6.18. The number of thioether (sulfide) groups is 1. The zero-order valence-electron chi connectivity index (χ0n) is 15.0. The number of hydrogen-bond acceptors (Lipinski definition) is 4. The first kappa shape index (κ1) is 17.5. The third kappa shape index (κ3) is 3.51. The molecule has 4 nitrogen and oxygen atoms in total. The molecular formula is C22H19N3OS. The van der Waals surface area contributed by atoms with E-state index in [4.69, 9.17) is 4.98 Å². The maximum absolute atomic E-state index is 13.3. The Bertz CT molecular complexity index is 1140. The summed E-state index contributed by atoms with van der Waals surface area (Å²) in [5.74, 6) is 0.701. The fourth-order valence-corrected chi connectivity index (χ4v) is 4.02. The maximum Gasteiger partial charge on any atom is 0.266 e. The number of aromatic nitrogens is 3. The summed E-state index contributed by atoms with van der Waals surface area (Å²) in [6, 6.07) is 19.5. The van der Waals surface area contributed by atoms with Gasteiger partial charge in [-0.1, -0.05) is 55.1 Å². The number of rotatable bonds is 5. The third-order valence-electron chi connectivity index (χ3n) is 4.45. The van der Waals surface area contributed by atoms with Gasteiger partial charge in [0.25, 0.3) is 5.56 Å². The van der Waals surface area contributed by atoms with Gasteiger partial charge in [0.05, 0.1) is 16.6 Å². The van der Waals surface area contributed by atoms with Gasteiger partial charge in [-0.05, 0) is 41.8 Å². The molecule has 0 amide bonds. The number of hydrogen-bond donors (Lipinski definition) is 0. The molecule has 0 saturated carbocycles.